The summed E-state index contributed by atoms with van der Waals surface area (Å²) in [5.41, 5.74) is 1.05. The van der Waals surface area contributed by atoms with E-state index < -0.39 is 0 Å². The number of ether oxygens (including phenoxy) is 1. The molecule has 2 saturated heterocycles. The van der Waals surface area contributed by atoms with Gasteiger partial charge >= 0.3 is 0 Å². The number of ketones is 1. The Kier molecular flexibility index (Phi) is 9.51. The minimum absolute atomic E-state index is 0.163. The predicted octanol–water partition coefficient (Wildman–Crippen LogP) is 4.02. The van der Waals surface area contributed by atoms with Crippen LogP contribution in [0.3, 0.4) is 0 Å². The number of likely N-dealkylation sites (tertiary alicyclic amines) is 1. The summed E-state index contributed by atoms with van der Waals surface area (Å²) in [6.45, 7) is 7.16. The number of thiazole rings is 1. The van der Waals surface area contributed by atoms with Gasteiger partial charge < -0.3 is 19.4 Å². The summed E-state index contributed by atoms with van der Waals surface area (Å²) in [5, 5.41) is 1.51. The van der Waals surface area contributed by atoms with Crippen molar-refractivity contribution in [2.45, 2.75) is 32.2 Å². The van der Waals surface area contributed by atoms with Crippen LogP contribution in [0, 0.1) is 0 Å². The smallest absolute Gasteiger partial charge is 0.259 e. The van der Waals surface area contributed by atoms with Crippen LogP contribution >= 0.6 is 11.3 Å². The van der Waals surface area contributed by atoms with Crippen LogP contribution in [0.4, 0.5) is 5.13 Å². The number of fused-ring (bicyclic) bond motifs is 1. The van der Waals surface area contributed by atoms with Crippen LogP contribution in [-0.4, -0.2) is 96.7 Å². The number of likely N-dealkylation sites (N-methyl/N-ethyl adjacent to an activating group) is 1. The van der Waals surface area contributed by atoms with E-state index >= 15 is 0 Å². The molecule has 2 aliphatic heterocycles. The fourth-order valence-electron chi connectivity index (χ4n) is 5.45. The first-order valence-corrected chi connectivity index (χ1v) is 15.1. The van der Waals surface area contributed by atoms with Gasteiger partial charge in [0.2, 0.25) is 11.0 Å². The van der Waals surface area contributed by atoms with Gasteiger partial charge in [-0.3, -0.25) is 19.3 Å². The molecule has 1 aromatic heterocycles. The van der Waals surface area contributed by atoms with Crippen LogP contribution in [0.25, 0.3) is 10.2 Å². The maximum absolute atomic E-state index is 13.0. The van der Waals surface area contributed by atoms with Gasteiger partial charge in [-0.25, -0.2) is 4.98 Å². The third-order valence-corrected chi connectivity index (χ3v) is 8.81. The molecule has 2 amide bonds. The third kappa shape index (κ3) is 6.97. The van der Waals surface area contributed by atoms with Crippen LogP contribution in [-0.2, 0) is 9.59 Å². The van der Waals surface area contributed by atoms with Crippen molar-refractivity contribution in [3.8, 4) is 11.5 Å². The number of methoxy groups -OCH3 is 1. The van der Waals surface area contributed by atoms with Gasteiger partial charge in [-0.15, -0.1) is 5.06 Å². The monoisotopic (exact) mass is 591 g/mol. The number of aromatic nitrogens is 1. The van der Waals surface area contributed by atoms with Crippen molar-refractivity contribution in [3.05, 3.63) is 60.2 Å². The molecule has 11 heteroatoms. The van der Waals surface area contributed by atoms with E-state index in [9.17, 15) is 14.4 Å². The second-order valence-electron chi connectivity index (χ2n) is 10.7. The predicted molar refractivity (Wildman–Crippen MR) is 163 cm³/mol. The molecule has 0 spiro atoms. The van der Waals surface area contributed by atoms with Crippen LogP contribution in [0.1, 0.15) is 36.5 Å². The SMILES string of the molecule is COc1cc(ON(C(C)=O)c2nc3ccccc3s2)ccc1C(=O)C=CC(=O)N1CCC(N2CCCN(C)CC2)CC1. The molecule has 5 rings (SSSR count). The normalized spacial score (nSPS) is 17.4. The summed E-state index contributed by atoms with van der Waals surface area (Å²) in [7, 11) is 3.62. The molecule has 2 aromatic carbocycles. The Hall–Kier alpha value is -3.80. The summed E-state index contributed by atoms with van der Waals surface area (Å²) in [4.78, 5) is 55.4. The van der Waals surface area contributed by atoms with Crippen LogP contribution < -0.4 is 14.6 Å². The zero-order chi connectivity index (χ0) is 29.6. The molecule has 2 aliphatic rings. The number of amides is 2. The molecule has 0 radical (unpaired) electrons. The number of para-hydroxylation sites is 1. The molecule has 0 unspecified atom stereocenters. The van der Waals surface area contributed by atoms with Crippen molar-refractivity contribution in [1.82, 2.24) is 19.7 Å². The van der Waals surface area contributed by atoms with E-state index in [2.05, 4.69) is 21.8 Å². The topological polar surface area (TPSA) is 95.5 Å². The summed E-state index contributed by atoms with van der Waals surface area (Å²) in [5.74, 6) is -0.296. The Morgan fingerprint density at radius 3 is 2.52 bits per heavy atom. The molecule has 0 bridgehead atoms. The zero-order valence-corrected chi connectivity index (χ0v) is 25.1. The number of hydrogen-bond acceptors (Lipinski definition) is 9. The van der Waals surface area contributed by atoms with Gasteiger partial charge in [0.25, 0.3) is 5.91 Å². The molecular formula is C31H37N5O5S. The molecule has 42 heavy (non-hydrogen) atoms. The standard InChI is InChI=1S/C31H37N5O5S/c1-22(37)36(31-32-26-7-4-5-8-29(26)42-31)41-24-9-10-25(28(21-24)40-3)27(38)11-12-30(39)35-17-13-23(14-18-35)34-16-6-15-33(2)19-20-34/h4-5,7-12,21,23H,6,13-20H2,1-3H3. The van der Waals surface area contributed by atoms with Crippen molar-refractivity contribution in [3.63, 3.8) is 0 Å². The van der Waals surface area contributed by atoms with Gasteiger partial charge in [0.05, 0.1) is 22.9 Å². The Morgan fingerprint density at radius 1 is 1.00 bits per heavy atom. The van der Waals surface area contributed by atoms with E-state index in [0.717, 1.165) is 54.3 Å². The molecule has 3 aromatic rings. The van der Waals surface area contributed by atoms with Gasteiger partial charge in [0.15, 0.2) is 11.5 Å². The number of piperidine rings is 1. The lowest BCUT2D eigenvalue weighted by atomic mass is 10.0. The second kappa shape index (κ2) is 13.5. The number of anilines is 1. The first-order chi connectivity index (χ1) is 20.3. The number of rotatable bonds is 8. The maximum atomic E-state index is 13.0. The Balaban J connectivity index is 1.20. The molecule has 0 aliphatic carbocycles. The lowest BCUT2D eigenvalue weighted by molar-refractivity contribution is -0.127. The molecule has 10 nitrogen and oxygen atoms in total. The first-order valence-electron chi connectivity index (χ1n) is 14.3. The second-order valence-corrected chi connectivity index (χ2v) is 11.7. The van der Waals surface area contributed by atoms with Gasteiger partial charge in [0, 0.05) is 51.3 Å². The van der Waals surface area contributed by atoms with E-state index in [0.29, 0.717) is 30.0 Å². The Morgan fingerprint density at radius 2 is 1.79 bits per heavy atom. The van der Waals surface area contributed by atoms with Crippen molar-refractivity contribution in [1.29, 1.82) is 0 Å². The van der Waals surface area contributed by atoms with Crippen molar-refractivity contribution in [2.24, 2.45) is 0 Å². The number of hydrogen-bond donors (Lipinski definition) is 0. The van der Waals surface area contributed by atoms with Crippen LogP contribution in [0.2, 0.25) is 0 Å². The highest BCUT2D eigenvalue weighted by Gasteiger charge is 2.27. The summed E-state index contributed by atoms with van der Waals surface area (Å²) in [6.07, 6.45) is 5.70. The zero-order valence-electron chi connectivity index (χ0n) is 24.3. The van der Waals surface area contributed by atoms with Gasteiger partial charge in [-0.2, -0.15) is 0 Å². The highest BCUT2D eigenvalue weighted by molar-refractivity contribution is 7.22. The minimum Gasteiger partial charge on any atom is -0.496 e. The number of nitrogens with zero attached hydrogens (tertiary/aromatic N) is 5. The lowest BCUT2D eigenvalue weighted by Crippen LogP contribution is -2.47. The van der Waals surface area contributed by atoms with E-state index in [1.54, 1.807) is 12.1 Å². The Bertz CT molecular complexity index is 1430. The fraction of sp³-hybridized carbons (Fsp3) is 0.419. The summed E-state index contributed by atoms with van der Waals surface area (Å²) in [6, 6.07) is 12.8. The van der Waals surface area contributed by atoms with E-state index in [4.69, 9.17) is 9.57 Å². The van der Waals surface area contributed by atoms with Crippen molar-refractivity contribution >= 4 is 44.3 Å². The van der Waals surface area contributed by atoms with E-state index in [-0.39, 0.29) is 28.9 Å². The van der Waals surface area contributed by atoms with Gasteiger partial charge in [0.1, 0.15) is 5.75 Å². The minimum atomic E-state index is -0.357. The number of carbonyl (C=O) groups excluding carboxylic acids is 3. The highest BCUT2D eigenvalue weighted by atomic mass is 32.1. The Labute approximate surface area is 250 Å². The molecule has 3 heterocycles. The molecule has 0 atom stereocenters. The van der Waals surface area contributed by atoms with Crippen LogP contribution in [0.5, 0.6) is 11.5 Å². The van der Waals surface area contributed by atoms with Crippen LogP contribution in [0.15, 0.2) is 54.6 Å². The summed E-state index contributed by atoms with van der Waals surface area (Å²) < 4.78 is 6.38. The molecule has 0 N–H and O–H groups in total. The average Bonchev–Trinajstić information content (AvgIpc) is 3.31. The first kappa shape index (κ1) is 29.7. The van der Waals surface area contributed by atoms with Gasteiger partial charge in [-0.05, 0) is 69.7 Å². The number of allylic oxidation sites excluding steroid dienone is 1. The van der Waals surface area contributed by atoms with Gasteiger partial charge in [-0.1, -0.05) is 23.5 Å². The van der Waals surface area contributed by atoms with Crippen molar-refractivity contribution < 1.29 is 24.0 Å². The third-order valence-electron chi connectivity index (χ3n) is 7.80. The summed E-state index contributed by atoms with van der Waals surface area (Å²) >= 11 is 1.33. The average molecular weight is 592 g/mol. The molecule has 0 saturated carbocycles. The van der Waals surface area contributed by atoms with Crippen molar-refractivity contribution in [2.75, 3.05) is 58.5 Å². The maximum Gasteiger partial charge on any atom is 0.259 e. The molecular weight excluding hydrogens is 554 g/mol. The molecule has 222 valence electrons. The quantitative estimate of drug-likeness (QED) is 0.220. The lowest BCUT2D eigenvalue weighted by Gasteiger charge is -2.37. The highest BCUT2D eigenvalue weighted by Crippen LogP contribution is 2.31. The number of hydroxylamine groups is 1. The number of carbonyl (C=O) groups is 3. The molecule has 2 fully saturated rings. The van der Waals surface area contributed by atoms with E-state index in [1.165, 1.54) is 50.0 Å². The number of benzene rings is 2. The van der Waals surface area contributed by atoms with E-state index in [1.807, 2.05) is 29.2 Å². The fourth-order valence-corrected chi connectivity index (χ4v) is 6.40. The largest absolute Gasteiger partial charge is 0.496 e.